The quantitative estimate of drug-likeness (QED) is 0.880. The zero-order valence-electron chi connectivity index (χ0n) is 15.6. The number of hydrogen-bond acceptors (Lipinski definition) is 3. The van der Waals surface area contributed by atoms with Crippen LogP contribution in [0.1, 0.15) is 19.8 Å². The highest BCUT2D eigenvalue weighted by Gasteiger charge is 2.41. The summed E-state index contributed by atoms with van der Waals surface area (Å²) in [6, 6.07) is 14.0. The number of carbonyl (C=O) groups is 2. The van der Waals surface area contributed by atoms with Gasteiger partial charge in [0.1, 0.15) is 0 Å². The maximum atomic E-state index is 12.9. The van der Waals surface area contributed by atoms with Gasteiger partial charge < -0.3 is 15.5 Å². The molecule has 2 aromatic rings. The number of fused-ring (bicyclic) bond motifs is 1. The second kappa shape index (κ2) is 7.49. The Bertz CT molecular complexity index is 866. The van der Waals surface area contributed by atoms with Crippen LogP contribution in [0, 0.1) is 11.3 Å². The molecule has 2 heterocycles. The standard InChI is InChI=1S/C21H25N3O2.ClH/c1-21(13-22)9-10-23(14-21)20(26)16-11-19(25)24(12-16)18-8-4-6-15-5-2-3-7-17(15)18;/h2-8,16H,9-14,22H2,1H3;1H. The van der Waals surface area contributed by atoms with Crippen LogP contribution >= 0.6 is 12.4 Å². The van der Waals surface area contributed by atoms with Gasteiger partial charge in [-0.15, -0.1) is 12.4 Å². The van der Waals surface area contributed by atoms with E-state index in [9.17, 15) is 9.59 Å². The molecule has 2 aliphatic heterocycles. The van der Waals surface area contributed by atoms with E-state index in [1.807, 2.05) is 47.4 Å². The van der Waals surface area contributed by atoms with Crippen LogP contribution in [0.15, 0.2) is 42.5 Å². The van der Waals surface area contributed by atoms with E-state index in [0.29, 0.717) is 19.6 Å². The number of benzene rings is 2. The number of nitrogens with zero attached hydrogens (tertiary/aromatic N) is 2. The van der Waals surface area contributed by atoms with Crippen LogP contribution in [0.2, 0.25) is 0 Å². The van der Waals surface area contributed by atoms with E-state index >= 15 is 0 Å². The van der Waals surface area contributed by atoms with Crippen LogP contribution in [-0.2, 0) is 9.59 Å². The minimum absolute atomic E-state index is 0. The van der Waals surface area contributed by atoms with E-state index in [1.165, 1.54) is 0 Å². The molecular weight excluding hydrogens is 362 g/mol. The number of halogens is 1. The van der Waals surface area contributed by atoms with Gasteiger partial charge in [0.25, 0.3) is 0 Å². The molecule has 2 amide bonds. The Morgan fingerprint density at radius 3 is 2.70 bits per heavy atom. The lowest BCUT2D eigenvalue weighted by molar-refractivity contribution is -0.135. The van der Waals surface area contributed by atoms with Crippen LogP contribution in [0.5, 0.6) is 0 Å². The van der Waals surface area contributed by atoms with Gasteiger partial charge in [-0.25, -0.2) is 0 Å². The summed E-state index contributed by atoms with van der Waals surface area (Å²) in [5.74, 6) is -0.139. The van der Waals surface area contributed by atoms with E-state index in [0.717, 1.165) is 29.4 Å². The van der Waals surface area contributed by atoms with Crippen LogP contribution in [0.3, 0.4) is 0 Å². The first kappa shape index (κ1) is 19.6. The molecule has 144 valence electrons. The lowest BCUT2D eigenvalue weighted by Crippen LogP contribution is -2.38. The summed E-state index contributed by atoms with van der Waals surface area (Å²) in [6.45, 7) is 4.61. The largest absolute Gasteiger partial charge is 0.342 e. The van der Waals surface area contributed by atoms with Crippen molar-refractivity contribution >= 4 is 40.7 Å². The third kappa shape index (κ3) is 3.54. The fourth-order valence-electron chi connectivity index (χ4n) is 4.19. The number of nitrogens with two attached hydrogens (primary N) is 1. The molecule has 0 aromatic heterocycles. The zero-order valence-corrected chi connectivity index (χ0v) is 16.4. The monoisotopic (exact) mass is 387 g/mol. The minimum Gasteiger partial charge on any atom is -0.342 e. The molecule has 4 rings (SSSR count). The van der Waals surface area contributed by atoms with Gasteiger partial charge >= 0.3 is 0 Å². The van der Waals surface area contributed by atoms with Crippen molar-refractivity contribution in [2.45, 2.75) is 19.8 Å². The summed E-state index contributed by atoms with van der Waals surface area (Å²) in [6.07, 6.45) is 1.22. The number of carbonyl (C=O) groups excluding carboxylic acids is 2. The minimum atomic E-state index is -0.262. The van der Waals surface area contributed by atoms with Gasteiger partial charge in [0.15, 0.2) is 0 Å². The molecule has 0 aliphatic carbocycles. The lowest BCUT2D eigenvalue weighted by atomic mass is 9.90. The van der Waals surface area contributed by atoms with Gasteiger partial charge in [0, 0.05) is 31.4 Å². The molecule has 2 saturated heterocycles. The van der Waals surface area contributed by atoms with Crippen molar-refractivity contribution in [1.82, 2.24) is 4.90 Å². The predicted molar refractivity (Wildman–Crippen MR) is 110 cm³/mol. The van der Waals surface area contributed by atoms with Crippen LogP contribution in [0.25, 0.3) is 10.8 Å². The maximum Gasteiger partial charge on any atom is 0.228 e. The summed E-state index contributed by atoms with van der Waals surface area (Å²) in [5, 5.41) is 2.15. The number of rotatable bonds is 3. The van der Waals surface area contributed by atoms with Crippen molar-refractivity contribution in [3.8, 4) is 0 Å². The molecule has 0 spiro atoms. The molecule has 0 radical (unpaired) electrons. The van der Waals surface area contributed by atoms with Crippen LogP contribution in [-0.4, -0.2) is 42.9 Å². The topological polar surface area (TPSA) is 66.6 Å². The van der Waals surface area contributed by atoms with Crippen molar-refractivity contribution < 1.29 is 9.59 Å². The summed E-state index contributed by atoms with van der Waals surface area (Å²) in [4.78, 5) is 29.3. The third-order valence-corrected chi connectivity index (χ3v) is 5.89. The normalized spacial score (nSPS) is 25.1. The van der Waals surface area contributed by atoms with Gasteiger partial charge in [-0.2, -0.15) is 0 Å². The van der Waals surface area contributed by atoms with Crippen molar-refractivity contribution in [2.24, 2.45) is 17.1 Å². The fraction of sp³-hybridized carbons (Fsp3) is 0.429. The fourth-order valence-corrected chi connectivity index (χ4v) is 4.19. The number of amides is 2. The molecule has 6 heteroatoms. The highest BCUT2D eigenvalue weighted by molar-refractivity contribution is 6.07. The molecule has 2 unspecified atom stereocenters. The summed E-state index contributed by atoms with van der Waals surface area (Å²) in [5.41, 5.74) is 6.76. The number of likely N-dealkylation sites (tertiary alicyclic amines) is 1. The smallest absolute Gasteiger partial charge is 0.228 e. The maximum absolute atomic E-state index is 12.9. The lowest BCUT2D eigenvalue weighted by Gasteiger charge is -2.24. The van der Waals surface area contributed by atoms with Gasteiger partial charge in [0.2, 0.25) is 11.8 Å². The highest BCUT2D eigenvalue weighted by atomic mass is 35.5. The first-order valence-electron chi connectivity index (χ1n) is 9.28. The van der Waals surface area contributed by atoms with Crippen LogP contribution < -0.4 is 10.6 Å². The molecule has 27 heavy (non-hydrogen) atoms. The van der Waals surface area contributed by atoms with Crippen LogP contribution in [0.4, 0.5) is 5.69 Å². The van der Waals surface area contributed by atoms with Crippen molar-refractivity contribution in [1.29, 1.82) is 0 Å². The molecule has 2 N–H and O–H groups in total. The molecule has 5 nitrogen and oxygen atoms in total. The van der Waals surface area contributed by atoms with Crippen molar-refractivity contribution in [2.75, 3.05) is 31.1 Å². The average Bonchev–Trinajstić information content (AvgIpc) is 3.24. The Kier molecular flexibility index (Phi) is 5.45. The van der Waals surface area contributed by atoms with Crippen molar-refractivity contribution in [3.05, 3.63) is 42.5 Å². The number of anilines is 1. The summed E-state index contributed by atoms with van der Waals surface area (Å²) in [7, 11) is 0. The average molecular weight is 388 g/mol. The van der Waals surface area contributed by atoms with E-state index in [1.54, 1.807) is 4.90 Å². The van der Waals surface area contributed by atoms with E-state index in [-0.39, 0.29) is 42.0 Å². The van der Waals surface area contributed by atoms with Crippen molar-refractivity contribution in [3.63, 3.8) is 0 Å². The molecule has 0 saturated carbocycles. The Morgan fingerprint density at radius 1 is 1.22 bits per heavy atom. The Hall–Kier alpha value is -2.11. The molecule has 2 fully saturated rings. The van der Waals surface area contributed by atoms with E-state index in [2.05, 4.69) is 6.92 Å². The first-order chi connectivity index (χ1) is 12.5. The number of hydrogen-bond donors (Lipinski definition) is 1. The Morgan fingerprint density at radius 2 is 1.96 bits per heavy atom. The van der Waals surface area contributed by atoms with Gasteiger partial charge in [-0.3, -0.25) is 9.59 Å². The zero-order chi connectivity index (χ0) is 18.3. The molecule has 2 aliphatic rings. The molecular formula is C21H26ClN3O2. The SMILES string of the molecule is CC1(CN)CCN(C(=O)C2CC(=O)N(c3cccc4ccccc34)C2)C1.Cl. The molecule has 0 bridgehead atoms. The highest BCUT2D eigenvalue weighted by Crippen LogP contribution is 2.34. The summed E-state index contributed by atoms with van der Waals surface area (Å²) >= 11 is 0. The second-order valence-corrected chi connectivity index (χ2v) is 7.93. The van der Waals surface area contributed by atoms with E-state index in [4.69, 9.17) is 5.73 Å². The molecule has 2 atom stereocenters. The Balaban J connectivity index is 0.00000210. The predicted octanol–water partition coefficient (Wildman–Crippen LogP) is 2.81. The van der Waals surface area contributed by atoms with Gasteiger partial charge in [-0.05, 0) is 29.8 Å². The van der Waals surface area contributed by atoms with Gasteiger partial charge in [0.05, 0.1) is 11.6 Å². The third-order valence-electron chi connectivity index (χ3n) is 5.89. The second-order valence-electron chi connectivity index (χ2n) is 7.93. The Labute approximate surface area is 165 Å². The van der Waals surface area contributed by atoms with E-state index < -0.39 is 0 Å². The molecule has 2 aromatic carbocycles. The summed E-state index contributed by atoms with van der Waals surface area (Å²) < 4.78 is 0. The first-order valence-corrected chi connectivity index (χ1v) is 9.28. The van der Waals surface area contributed by atoms with Gasteiger partial charge in [-0.1, -0.05) is 43.3 Å².